The van der Waals surface area contributed by atoms with Crippen molar-refractivity contribution in [2.24, 2.45) is 11.7 Å². The number of nitrogens with zero attached hydrogens (tertiary/aromatic N) is 2. The van der Waals surface area contributed by atoms with E-state index in [0.717, 1.165) is 28.7 Å². The number of carbonyl (C=O) groups excluding carboxylic acids is 1. The Hall–Kier alpha value is -1.75. The molecular formula is C17H23N3OS. The first-order chi connectivity index (χ1) is 10.4. The van der Waals surface area contributed by atoms with Crippen LogP contribution in [0, 0.1) is 19.8 Å². The molecule has 1 aromatic heterocycles. The zero-order valence-electron chi connectivity index (χ0n) is 13.5. The molecule has 0 radical (unpaired) electrons. The average molecular weight is 317 g/mol. The van der Waals surface area contributed by atoms with Gasteiger partial charge in [0.1, 0.15) is 5.25 Å². The number of rotatable bonds is 6. The number of benzene rings is 1. The number of hydrogen-bond donors (Lipinski definition) is 1. The molecule has 0 saturated carbocycles. The van der Waals surface area contributed by atoms with Crippen LogP contribution >= 0.6 is 11.8 Å². The van der Waals surface area contributed by atoms with Crippen LogP contribution in [-0.2, 0) is 11.3 Å². The summed E-state index contributed by atoms with van der Waals surface area (Å²) in [5, 5.41) is 0.435. The molecule has 1 atom stereocenters. The first-order valence-electron chi connectivity index (χ1n) is 7.44. The van der Waals surface area contributed by atoms with Crippen LogP contribution in [0.25, 0.3) is 0 Å². The summed E-state index contributed by atoms with van der Waals surface area (Å²) in [6.07, 6.45) is 0. The lowest BCUT2D eigenvalue weighted by Gasteiger charge is -2.16. The fourth-order valence-electron chi connectivity index (χ4n) is 2.32. The Morgan fingerprint density at radius 3 is 2.45 bits per heavy atom. The fraction of sp³-hybridized carbons (Fsp3) is 0.412. The van der Waals surface area contributed by atoms with Crippen molar-refractivity contribution in [3.8, 4) is 0 Å². The van der Waals surface area contributed by atoms with Crippen molar-refractivity contribution in [3.63, 3.8) is 0 Å². The summed E-state index contributed by atoms with van der Waals surface area (Å²) in [5.41, 5.74) is 8.67. The van der Waals surface area contributed by atoms with Gasteiger partial charge < -0.3 is 10.3 Å². The number of aromatic nitrogens is 2. The lowest BCUT2D eigenvalue weighted by molar-refractivity contribution is -0.117. The van der Waals surface area contributed by atoms with Crippen molar-refractivity contribution >= 4 is 17.7 Å². The monoisotopic (exact) mass is 317 g/mol. The van der Waals surface area contributed by atoms with Gasteiger partial charge in [0.15, 0.2) is 5.16 Å². The van der Waals surface area contributed by atoms with E-state index in [1.807, 2.05) is 37.3 Å². The van der Waals surface area contributed by atoms with E-state index >= 15 is 0 Å². The van der Waals surface area contributed by atoms with Crippen molar-refractivity contribution < 1.29 is 4.79 Å². The zero-order chi connectivity index (χ0) is 16.3. The molecule has 5 heteroatoms. The minimum atomic E-state index is -0.423. The minimum Gasteiger partial charge on any atom is -0.368 e. The van der Waals surface area contributed by atoms with Gasteiger partial charge >= 0.3 is 0 Å². The maximum atomic E-state index is 11.9. The van der Waals surface area contributed by atoms with E-state index in [1.165, 1.54) is 11.8 Å². The second-order valence-electron chi connectivity index (χ2n) is 5.88. The van der Waals surface area contributed by atoms with Crippen molar-refractivity contribution in [1.29, 1.82) is 0 Å². The SMILES string of the molecule is Cc1nc(S[C@H](C(N)=O)c2ccccc2)n(CC(C)C)c1C. The molecule has 0 aliphatic carbocycles. The molecule has 0 spiro atoms. The lowest BCUT2D eigenvalue weighted by Crippen LogP contribution is -2.19. The minimum absolute atomic E-state index is 0.342. The maximum Gasteiger partial charge on any atom is 0.235 e. The third-order valence-corrected chi connectivity index (χ3v) is 4.82. The Morgan fingerprint density at radius 1 is 1.27 bits per heavy atom. The molecule has 0 fully saturated rings. The highest BCUT2D eigenvalue weighted by molar-refractivity contribution is 8.00. The summed E-state index contributed by atoms with van der Waals surface area (Å²) in [4.78, 5) is 16.5. The molecule has 0 unspecified atom stereocenters. The molecule has 118 valence electrons. The molecule has 2 aromatic rings. The van der Waals surface area contributed by atoms with Crippen LogP contribution < -0.4 is 5.73 Å². The summed E-state index contributed by atoms with van der Waals surface area (Å²) in [6.45, 7) is 9.29. The maximum absolute atomic E-state index is 11.9. The number of aryl methyl sites for hydroxylation is 1. The highest BCUT2D eigenvalue weighted by Gasteiger charge is 2.23. The van der Waals surface area contributed by atoms with E-state index in [-0.39, 0.29) is 5.91 Å². The summed E-state index contributed by atoms with van der Waals surface area (Å²) < 4.78 is 2.18. The molecule has 0 bridgehead atoms. The van der Waals surface area contributed by atoms with Gasteiger partial charge in [-0.2, -0.15) is 0 Å². The Kier molecular flexibility index (Phi) is 5.29. The molecule has 0 saturated heterocycles. The van der Waals surface area contributed by atoms with E-state index in [0.29, 0.717) is 5.92 Å². The normalized spacial score (nSPS) is 12.6. The predicted octanol–water partition coefficient (Wildman–Crippen LogP) is 3.47. The number of thioether (sulfide) groups is 1. The topological polar surface area (TPSA) is 60.9 Å². The summed E-state index contributed by atoms with van der Waals surface area (Å²) in [5.74, 6) is 0.168. The van der Waals surface area contributed by atoms with Crippen LogP contribution in [0.3, 0.4) is 0 Å². The standard InChI is InChI=1S/C17H23N3OS/c1-11(2)10-20-13(4)12(3)19-17(20)22-15(16(18)21)14-8-6-5-7-9-14/h5-9,11,15H,10H2,1-4H3,(H2,18,21)/t15-/m0/s1. The Balaban J connectivity index is 2.35. The van der Waals surface area contributed by atoms with E-state index in [2.05, 4.69) is 30.3 Å². The number of primary amides is 1. The van der Waals surface area contributed by atoms with Crippen LogP contribution in [-0.4, -0.2) is 15.5 Å². The second-order valence-corrected chi connectivity index (χ2v) is 6.95. The van der Waals surface area contributed by atoms with Gasteiger partial charge in [0.05, 0.1) is 5.69 Å². The smallest absolute Gasteiger partial charge is 0.235 e. The predicted molar refractivity (Wildman–Crippen MR) is 90.8 cm³/mol. The molecule has 0 aliphatic rings. The molecule has 22 heavy (non-hydrogen) atoms. The lowest BCUT2D eigenvalue weighted by atomic mass is 10.1. The van der Waals surface area contributed by atoms with Crippen LogP contribution in [0.15, 0.2) is 35.5 Å². The Labute approximate surface area is 136 Å². The van der Waals surface area contributed by atoms with Gasteiger partial charge in [0.25, 0.3) is 0 Å². The number of hydrogen-bond acceptors (Lipinski definition) is 3. The molecule has 1 heterocycles. The quantitative estimate of drug-likeness (QED) is 0.830. The van der Waals surface area contributed by atoms with Crippen LogP contribution in [0.1, 0.15) is 36.0 Å². The second kappa shape index (κ2) is 7.01. The number of nitrogens with two attached hydrogens (primary N) is 1. The molecule has 1 amide bonds. The zero-order valence-corrected chi connectivity index (χ0v) is 14.4. The molecule has 4 nitrogen and oxygen atoms in total. The van der Waals surface area contributed by atoms with Crippen molar-refractivity contribution in [1.82, 2.24) is 9.55 Å². The van der Waals surface area contributed by atoms with Crippen molar-refractivity contribution in [2.75, 3.05) is 0 Å². The number of imidazole rings is 1. The van der Waals surface area contributed by atoms with Crippen molar-refractivity contribution in [3.05, 3.63) is 47.3 Å². The summed E-state index contributed by atoms with van der Waals surface area (Å²) >= 11 is 1.43. The summed E-state index contributed by atoms with van der Waals surface area (Å²) in [7, 11) is 0. The largest absolute Gasteiger partial charge is 0.368 e. The van der Waals surface area contributed by atoms with Crippen LogP contribution in [0.4, 0.5) is 0 Å². The highest BCUT2D eigenvalue weighted by Crippen LogP contribution is 2.35. The molecule has 2 N–H and O–H groups in total. The van der Waals surface area contributed by atoms with E-state index < -0.39 is 5.25 Å². The number of carbonyl (C=O) groups is 1. The van der Waals surface area contributed by atoms with Gasteiger partial charge in [-0.15, -0.1) is 0 Å². The highest BCUT2D eigenvalue weighted by atomic mass is 32.2. The number of amides is 1. The van der Waals surface area contributed by atoms with E-state index in [9.17, 15) is 4.79 Å². The van der Waals surface area contributed by atoms with Gasteiger partial charge in [0, 0.05) is 12.2 Å². The first-order valence-corrected chi connectivity index (χ1v) is 8.32. The Morgan fingerprint density at radius 2 is 1.91 bits per heavy atom. The van der Waals surface area contributed by atoms with Gasteiger partial charge in [-0.25, -0.2) is 4.98 Å². The van der Waals surface area contributed by atoms with Crippen molar-refractivity contribution in [2.45, 2.75) is 44.6 Å². The third kappa shape index (κ3) is 3.71. The van der Waals surface area contributed by atoms with Crippen LogP contribution in [0.5, 0.6) is 0 Å². The fourth-order valence-corrected chi connectivity index (χ4v) is 3.47. The molecular weight excluding hydrogens is 294 g/mol. The van der Waals surface area contributed by atoms with Gasteiger partial charge in [-0.1, -0.05) is 55.9 Å². The van der Waals surface area contributed by atoms with Gasteiger partial charge in [0.2, 0.25) is 5.91 Å². The molecule has 1 aromatic carbocycles. The van der Waals surface area contributed by atoms with E-state index in [1.54, 1.807) is 0 Å². The first kappa shape index (κ1) is 16.6. The Bertz CT molecular complexity index is 649. The van der Waals surface area contributed by atoms with Gasteiger partial charge in [-0.05, 0) is 25.3 Å². The third-order valence-electron chi connectivity index (χ3n) is 3.55. The summed E-state index contributed by atoms with van der Waals surface area (Å²) in [6, 6.07) is 9.63. The molecule has 0 aliphatic heterocycles. The van der Waals surface area contributed by atoms with Crippen LogP contribution in [0.2, 0.25) is 0 Å². The van der Waals surface area contributed by atoms with E-state index in [4.69, 9.17) is 5.73 Å². The van der Waals surface area contributed by atoms with Gasteiger partial charge in [-0.3, -0.25) is 4.79 Å². The molecule has 2 rings (SSSR count). The average Bonchev–Trinajstić information content (AvgIpc) is 2.72.